The molecular weight excluding hydrogens is 290 g/mol. The van der Waals surface area contributed by atoms with Gasteiger partial charge in [-0.3, -0.25) is 9.59 Å². The van der Waals surface area contributed by atoms with Crippen LogP contribution in [-0.2, 0) is 4.79 Å². The molecule has 0 aliphatic rings. The minimum atomic E-state index is -0.414. The number of hydrogen-bond donors (Lipinski definition) is 3. The standard InChI is InChI=1S/C13H15N5O2S/c1-8(19)15-3-4-16-13(20)11-12(14)17-6-10(18-11)9-2-5-21-7-9/h2,5-7H,3-4H2,1H3,(H2,14,17)(H,15,19)(H,16,20). The number of rotatable bonds is 5. The Morgan fingerprint density at radius 2 is 2.10 bits per heavy atom. The molecule has 2 amide bonds. The Balaban J connectivity index is 2.06. The van der Waals surface area contributed by atoms with E-state index in [1.54, 1.807) is 0 Å². The average Bonchev–Trinajstić information content (AvgIpc) is 2.98. The third kappa shape index (κ3) is 3.99. The molecule has 2 heterocycles. The van der Waals surface area contributed by atoms with E-state index in [2.05, 4.69) is 20.6 Å². The van der Waals surface area contributed by atoms with Gasteiger partial charge in [0.1, 0.15) is 0 Å². The number of hydrogen-bond acceptors (Lipinski definition) is 6. The molecule has 0 unspecified atom stereocenters. The topological polar surface area (TPSA) is 110 Å². The van der Waals surface area contributed by atoms with Crippen LogP contribution in [0.25, 0.3) is 11.3 Å². The lowest BCUT2D eigenvalue weighted by atomic mass is 10.2. The number of nitrogens with one attached hydrogen (secondary N) is 2. The van der Waals surface area contributed by atoms with Gasteiger partial charge in [0, 0.05) is 31.0 Å². The van der Waals surface area contributed by atoms with Crippen molar-refractivity contribution in [3.8, 4) is 11.3 Å². The van der Waals surface area contributed by atoms with Crippen LogP contribution in [0, 0.1) is 0 Å². The van der Waals surface area contributed by atoms with Gasteiger partial charge in [-0.05, 0) is 11.4 Å². The summed E-state index contributed by atoms with van der Waals surface area (Å²) in [5.74, 6) is -0.489. The van der Waals surface area contributed by atoms with E-state index in [0.717, 1.165) is 5.56 Å². The van der Waals surface area contributed by atoms with Crippen LogP contribution in [0.15, 0.2) is 23.0 Å². The molecule has 2 rings (SSSR count). The van der Waals surface area contributed by atoms with Crippen LogP contribution in [0.4, 0.5) is 5.82 Å². The second kappa shape index (κ2) is 6.80. The maximum Gasteiger partial charge on any atom is 0.273 e. The number of nitrogen functional groups attached to an aromatic ring is 1. The molecule has 0 aliphatic carbocycles. The lowest BCUT2D eigenvalue weighted by Gasteiger charge is -2.08. The van der Waals surface area contributed by atoms with Crippen molar-refractivity contribution in [2.75, 3.05) is 18.8 Å². The maximum atomic E-state index is 12.0. The molecule has 0 atom stereocenters. The van der Waals surface area contributed by atoms with E-state index in [1.807, 2.05) is 16.8 Å². The first kappa shape index (κ1) is 14.9. The van der Waals surface area contributed by atoms with Crippen molar-refractivity contribution < 1.29 is 9.59 Å². The lowest BCUT2D eigenvalue weighted by molar-refractivity contribution is -0.118. The predicted molar refractivity (Wildman–Crippen MR) is 80.8 cm³/mol. The van der Waals surface area contributed by atoms with Gasteiger partial charge in [-0.15, -0.1) is 0 Å². The Morgan fingerprint density at radius 1 is 1.33 bits per heavy atom. The first-order valence-corrected chi connectivity index (χ1v) is 7.20. The summed E-state index contributed by atoms with van der Waals surface area (Å²) in [6.07, 6.45) is 1.53. The summed E-state index contributed by atoms with van der Waals surface area (Å²) in [4.78, 5) is 31.0. The van der Waals surface area contributed by atoms with Crippen molar-refractivity contribution in [2.45, 2.75) is 6.92 Å². The van der Waals surface area contributed by atoms with Gasteiger partial charge in [-0.25, -0.2) is 9.97 Å². The fourth-order valence-electron chi connectivity index (χ4n) is 1.61. The third-order valence-electron chi connectivity index (χ3n) is 2.62. The summed E-state index contributed by atoms with van der Waals surface area (Å²) in [5.41, 5.74) is 7.26. The zero-order valence-corrected chi connectivity index (χ0v) is 12.2. The van der Waals surface area contributed by atoms with Crippen molar-refractivity contribution in [3.63, 3.8) is 0 Å². The van der Waals surface area contributed by atoms with Crippen LogP contribution in [0.1, 0.15) is 17.4 Å². The summed E-state index contributed by atoms with van der Waals surface area (Å²) >= 11 is 1.53. The first-order chi connectivity index (χ1) is 10.1. The van der Waals surface area contributed by atoms with Gasteiger partial charge in [0.15, 0.2) is 11.5 Å². The molecule has 110 valence electrons. The molecule has 2 aromatic heterocycles. The highest BCUT2D eigenvalue weighted by molar-refractivity contribution is 7.08. The smallest absolute Gasteiger partial charge is 0.273 e. The van der Waals surface area contributed by atoms with Crippen LogP contribution in [0.2, 0.25) is 0 Å². The summed E-state index contributed by atoms with van der Waals surface area (Å²) in [6, 6.07) is 1.89. The molecular formula is C13H15N5O2S. The number of amides is 2. The summed E-state index contributed by atoms with van der Waals surface area (Å²) in [5, 5.41) is 9.05. The summed E-state index contributed by atoms with van der Waals surface area (Å²) in [7, 11) is 0. The Hall–Kier alpha value is -2.48. The van der Waals surface area contributed by atoms with Crippen LogP contribution in [-0.4, -0.2) is 34.9 Å². The molecule has 0 spiro atoms. The van der Waals surface area contributed by atoms with Crippen molar-refractivity contribution >= 4 is 29.0 Å². The lowest BCUT2D eigenvalue weighted by Crippen LogP contribution is -2.34. The molecule has 21 heavy (non-hydrogen) atoms. The highest BCUT2D eigenvalue weighted by Crippen LogP contribution is 2.20. The molecule has 4 N–H and O–H groups in total. The van der Waals surface area contributed by atoms with E-state index >= 15 is 0 Å². The van der Waals surface area contributed by atoms with Gasteiger partial charge in [-0.2, -0.15) is 11.3 Å². The Kier molecular flexibility index (Phi) is 4.83. The molecule has 8 heteroatoms. The van der Waals surface area contributed by atoms with Crippen molar-refractivity contribution in [3.05, 3.63) is 28.7 Å². The Labute approximate surface area is 125 Å². The Morgan fingerprint density at radius 3 is 2.76 bits per heavy atom. The minimum absolute atomic E-state index is 0.0750. The molecule has 0 radical (unpaired) electrons. The zero-order chi connectivity index (χ0) is 15.2. The number of carbonyl (C=O) groups is 2. The number of nitrogens with two attached hydrogens (primary N) is 1. The first-order valence-electron chi connectivity index (χ1n) is 6.25. The van der Waals surface area contributed by atoms with E-state index < -0.39 is 5.91 Å². The molecule has 0 saturated carbocycles. The predicted octanol–water partition coefficient (Wildman–Crippen LogP) is 0.653. The van der Waals surface area contributed by atoms with Crippen LogP contribution in [0.3, 0.4) is 0 Å². The monoisotopic (exact) mass is 305 g/mol. The molecule has 0 bridgehead atoms. The number of aromatic nitrogens is 2. The second-order valence-electron chi connectivity index (χ2n) is 4.24. The van der Waals surface area contributed by atoms with Crippen molar-refractivity contribution in [1.82, 2.24) is 20.6 Å². The Bertz CT molecular complexity index is 642. The van der Waals surface area contributed by atoms with Gasteiger partial charge < -0.3 is 16.4 Å². The second-order valence-corrected chi connectivity index (χ2v) is 5.02. The fourth-order valence-corrected chi connectivity index (χ4v) is 2.26. The van der Waals surface area contributed by atoms with Crippen LogP contribution < -0.4 is 16.4 Å². The number of nitrogens with zero attached hydrogens (tertiary/aromatic N) is 2. The van der Waals surface area contributed by atoms with E-state index in [4.69, 9.17) is 5.73 Å². The van der Waals surface area contributed by atoms with Crippen molar-refractivity contribution in [1.29, 1.82) is 0 Å². The molecule has 0 saturated heterocycles. The molecule has 0 fully saturated rings. The van der Waals surface area contributed by atoms with Gasteiger partial charge in [0.25, 0.3) is 5.91 Å². The van der Waals surface area contributed by atoms with Crippen LogP contribution in [0.5, 0.6) is 0 Å². The highest BCUT2D eigenvalue weighted by atomic mass is 32.1. The molecule has 2 aromatic rings. The molecule has 0 aliphatic heterocycles. The largest absolute Gasteiger partial charge is 0.382 e. The number of carbonyl (C=O) groups excluding carboxylic acids is 2. The van der Waals surface area contributed by atoms with Gasteiger partial charge in [0.2, 0.25) is 5.91 Å². The van der Waals surface area contributed by atoms with E-state index in [9.17, 15) is 9.59 Å². The number of thiophene rings is 1. The van der Waals surface area contributed by atoms with E-state index in [1.165, 1.54) is 24.5 Å². The maximum absolute atomic E-state index is 12.0. The SMILES string of the molecule is CC(=O)NCCNC(=O)c1nc(-c2ccsc2)cnc1N. The quantitative estimate of drug-likeness (QED) is 0.703. The average molecular weight is 305 g/mol. The van der Waals surface area contributed by atoms with Gasteiger partial charge >= 0.3 is 0 Å². The normalized spacial score (nSPS) is 10.1. The number of anilines is 1. The fraction of sp³-hybridized carbons (Fsp3) is 0.231. The van der Waals surface area contributed by atoms with E-state index in [0.29, 0.717) is 18.8 Å². The van der Waals surface area contributed by atoms with E-state index in [-0.39, 0.29) is 17.4 Å². The summed E-state index contributed by atoms with van der Waals surface area (Å²) < 4.78 is 0. The molecule has 7 nitrogen and oxygen atoms in total. The van der Waals surface area contributed by atoms with Crippen LogP contribution >= 0.6 is 11.3 Å². The van der Waals surface area contributed by atoms with Gasteiger partial charge in [0.05, 0.1) is 11.9 Å². The summed E-state index contributed by atoms with van der Waals surface area (Å²) in [6.45, 7) is 2.05. The third-order valence-corrected chi connectivity index (χ3v) is 3.30. The minimum Gasteiger partial charge on any atom is -0.382 e. The van der Waals surface area contributed by atoms with Crippen molar-refractivity contribution in [2.24, 2.45) is 0 Å². The zero-order valence-electron chi connectivity index (χ0n) is 11.4. The highest BCUT2D eigenvalue weighted by Gasteiger charge is 2.14. The molecule has 0 aromatic carbocycles. The van der Waals surface area contributed by atoms with Gasteiger partial charge in [-0.1, -0.05) is 0 Å².